The van der Waals surface area contributed by atoms with Crippen LogP contribution in [0.25, 0.3) is 0 Å². The molecular formula is C6H9N3O2S. The zero-order valence-corrected chi connectivity index (χ0v) is 7.43. The molecule has 6 heteroatoms. The van der Waals surface area contributed by atoms with Gasteiger partial charge < -0.3 is 4.98 Å². The van der Waals surface area contributed by atoms with Crippen molar-refractivity contribution in [2.75, 3.05) is 12.0 Å². The maximum atomic E-state index is 11.0. The summed E-state index contributed by atoms with van der Waals surface area (Å²) in [7, 11) is 0. The molecule has 0 amide bonds. The van der Waals surface area contributed by atoms with Crippen LogP contribution in [0.3, 0.4) is 0 Å². The normalized spacial score (nSPS) is 10.1. The van der Waals surface area contributed by atoms with Gasteiger partial charge in [0.05, 0.1) is 6.54 Å². The Labute approximate surface area is 72.8 Å². The fraction of sp³-hybridized carbons (Fsp3) is 0.500. The van der Waals surface area contributed by atoms with Gasteiger partial charge in [0.1, 0.15) is 6.33 Å². The monoisotopic (exact) mass is 187 g/mol. The average molecular weight is 187 g/mol. The van der Waals surface area contributed by atoms with Gasteiger partial charge >= 0.3 is 11.1 Å². The number of rotatable bonds is 3. The van der Waals surface area contributed by atoms with Crippen LogP contribution in [0.4, 0.5) is 0 Å². The fourth-order valence-corrected chi connectivity index (χ4v) is 1.08. The molecule has 0 aliphatic rings. The van der Waals surface area contributed by atoms with E-state index in [2.05, 4.69) is 10.1 Å². The molecule has 66 valence electrons. The van der Waals surface area contributed by atoms with E-state index in [4.69, 9.17) is 0 Å². The van der Waals surface area contributed by atoms with Gasteiger partial charge in [0.25, 0.3) is 0 Å². The number of aromatic nitrogens is 3. The molecule has 0 aliphatic carbocycles. The molecule has 0 saturated heterocycles. The van der Waals surface area contributed by atoms with E-state index in [1.807, 2.05) is 6.26 Å². The lowest BCUT2D eigenvalue weighted by molar-refractivity contribution is 0.601. The summed E-state index contributed by atoms with van der Waals surface area (Å²) in [5.41, 5.74) is -1.21. The van der Waals surface area contributed by atoms with Crippen LogP contribution in [-0.4, -0.2) is 26.8 Å². The summed E-state index contributed by atoms with van der Waals surface area (Å²) in [6, 6.07) is 0. The van der Waals surface area contributed by atoms with Crippen LogP contribution in [0.5, 0.6) is 0 Å². The number of hydrogen-bond donors (Lipinski definition) is 1. The van der Waals surface area contributed by atoms with Crippen molar-refractivity contribution in [3.05, 3.63) is 27.0 Å². The van der Waals surface area contributed by atoms with Crippen molar-refractivity contribution in [2.45, 2.75) is 6.54 Å². The lowest BCUT2D eigenvalue weighted by Gasteiger charge is -1.99. The van der Waals surface area contributed by atoms with Gasteiger partial charge in [-0.05, 0) is 6.26 Å². The molecule has 0 bridgehead atoms. The molecule has 1 heterocycles. The Bertz CT molecular complexity index is 356. The molecule has 0 spiro atoms. The van der Waals surface area contributed by atoms with Crippen molar-refractivity contribution in [2.24, 2.45) is 0 Å². The average Bonchev–Trinajstić information content (AvgIpc) is 2.08. The van der Waals surface area contributed by atoms with Crippen LogP contribution in [0.1, 0.15) is 0 Å². The Morgan fingerprint density at radius 3 is 3.08 bits per heavy atom. The molecule has 1 aromatic heterocycles. The molecule has 1 aromatic rings. The number of nitrogens with one attached hydrogen (secondary N) is 1. The van der Waals surface area contributed by atoms with Crippen molar-refractivity contribution >= 4 is 11.8 Å². The SMILES string of the molecule is CSCCn1nc[nH]c(=O)c1=O. The van der Waals surface area contributed by atoms with Crippen LogP contribution in [0, 0.1) is 0 Å². The first-order valence-corrected chi connectivity index (χ1v) is 4.79. The first kappa shape index (κ1) is 9.05. The third kappa shape index (κ3) is 1.97. The predicted molar refractivity (Wildman–Crippen MR) is 47.5 cm³/mol. The van der Waals surface area contributed by atoms with E-state index in [1.54, 1.807) is 11.8 Å². The van der Waals surface area contributed by atoms with Gasteiger partial charge in [-0.1, -0.05) is 0 Å². The zero-order valence-electron chi connectivity index (χ0n) is 6.61. The third-order valence-electron chi connectivity index (χ3n) is 1.33. The molecule has 0 aliphatic heterocycles. The molecule has 0 radical (unpaired) electrons. The van der Waals surface area contributed by atoms with Gasteiger partial charge in [-0.2, -0.15) is 16.9 Å². The van der Waals surface area contributed by atoms with Crippen LogP contribution < -0.4 is 11.1 Å². The standard InChI is InChI=1S/C6H9N3O2S/c1-12-3-2-9-6(11)5(10)7-4-8-9/h4H,2-3H2,1H3,(H,7,8,10). The summed E-state index contributed by atoms with van der Waals surface area (Å²) in [6.45, 7) is 0.476. The smallest absolute Gasteiger partial charge is 0.307 e. The zero-order chi connectivity index (χ0) is 8.97. The molecule has 0 aromatic carbocycles. The summed E-state index contributed by atoms with van der Waals surface area (Å²) in [6.07, 6.45) is 3.16. The molecule has 0 atom stereocenters. The molecule has 12 heavy (non-hydrogen) atoms. The summed E-state index contributed by atoms with van der Waals surface area (Å²) in [4.78, 5) is 24.0. The number of hydrogen-bond acceptors (Lipinski definition) is 4. The van der Waals surface area contributed by atoms with Crippen molar-refractivity contribution in [1.82, 2.24) is 14.8 Å². The molecule has 1 rings (SSSR count). The van der Waals surface area contributed by atoms with Crippen molar-refractivity contribution in [3.63, 3.8) is 0 Å². The Balaban J connectivity index is 2.93. The van der Waals surface area contributed by atoms with Gasteiger partial charge in [0.2, 0.25) is 0 Å². The highest BCUT2D eigenvalue weighted by atomic mass is 32.2. The molecule has 5 nitrogen and oxygen atoms in total. The number of H-pyrrole nitrogens is 1. The van der Waals surface area contributed by atoms with Gasteiger partial charge in [0, 0.05) is 5.75 Å². The maximum Gasteiger partial charge on any atom is 0.332 e. The van der Waals surface area contributed by atoms with Crippen LogP contribution in [0.15, 0.2) is 15.9 Å². The maximum absolute atomic E-state index is 11.0. The van der Waals surface area contributed by atoms with Gasteiger partial charge in [-0.25, -0.2) is 4.68 Å². The Morgan fingerprint density at radius 2 is 2.42 bits per heavy atom. The number of aromatic amines is 1. The largest absolute Gasteiger partial charge is 0.332 e. The Hall–Kier alpha value is -1.04. The minimum absolute atomic E-state index is 0.476. The van der Waals surface area contributed by atoms with Crippen molar-refractivity contribution in [3.8, 4) is 0 Å². The van der Waals surface area contributed by atoms with E-state index < -0.39 is 11.1 Å². The minimum atomic E-state index is -0.619. The molecular weight excluding hydrogens is 178 g/mol. The highest BCUT2D eigenvalue weighted by Gasteiger charge is 1.98. The molecule has 0 fully saturated rings. The van der Waals surface area contributed by atoms with Crippen LogP contribution in [0.2, 0.25) is 0 Å². The minimum Gasteiger partial charge on any atom is -0.307 e. The first-order valence-electron chi connectivity index (χ1n) is 3.39. The molecule has 1 N–H and O–H groups in total. The quantitative estimate of drug-likeness (QED) is 0.635. The summed E-state index contributed by atoms with van der Waals surface area (Å²) in [5.74, 6) is 0.774. The predicted octanol–water partition coefficient (Wildman–Crippen LogP) is -0.705. The second kappa shape index (κ2) is 4.10. The third-order valence-corrected chi connectivity index (χ3v) is 1.92. The van der Waals surface area contributed by atoms with E-state index in [1.165, 1.54) is 6.33 Å². The molecule has 0 saturated carbocycles. The van der Waals surface area contributed by atoms with E-state index >= 15 is 0 Å². The van der Waals surface area contributed by atoms with Crippen LogP contribution >= 0.6 is 11.8 Å². The lowest BCUT2D eigenvalue weighted by atomic mass is 10.7. The lowest BCUT2D eigenvalue weighted by Crippen LogP contribution is -2.37. The Kier molecular flexibility index (Phi) is 3.09. The van der Waals surface area contributed by atoms with E-state index in [9.17, 15) is 9.59 Å². The number of thioether (sulfide) groups is 1. The second-order valence-corrected chi connectivity index (χ2v) is 3.12. The highest BCUT2D eigenvalue weighted by molar-refractivity contribution is 7.98. The highest BCUT2D eigenvalue weighted by Crippen LogP contribution is 1.89. The fourth-order valence-electron chi connectivity index (χ4n) is 0.726. The Morgan fingerprint density at radius 1 is 1.67 bits per heavy atom. The summed E-state index contributed by atoms with van der Waals surface area (Å²) < 4.78 is 1.16. The van der Waals surface area contributed by atoms with Gasteiger partial charge in [0.15, 0.2) is 0 Å². The summed E-state index contributed by atoms with van der Waals surface area (Å²) >= 11 is 1.60. The van der Waals surface area contributed by atoms with E-state index in [0.717, 1.165) is 10.4 Å². The van der Waals surface area contributed by atoms with Gasteiger partial charge in [-0.3, -0.25) is 9.59 Å². The van der Waals surface area contributed by atoms with Gasteiger partial charge in [-0.15, -0.1) is 0 Å². The van der Waals surface area contributed by atoms with Crippen molar-refractivity contribution < 1.29 is 0 Å². The number of nitrogens with zero attached hydrogens (tertiary/aromatic N) is 2. The molecule has 0 unspecified atom stereocenters. The van der Waals surface area contributed by atoms with Crippen LogP contribution in [-0.2, 0) is 6.54 Å². The van der Waals surface area contributed by atoms with Crippen molar-refractivity contribution in [1.29, 1.82) is 0 Å². The number of aryl methyl sites for hydroxylation is 1. The second-order valence-electron chi connectivity index (χ2n) is 2.14. The van der Waals surface area contributed by atoms with E-state index in [-0.39, 0.29) is 0 Å². The van der Waals surface area contributed by atoms with E-state index in [0.29, 0.717) is 6.54 Å². The first-order chi connectivity index (χ1) is 5.75. The summed E-state index contributed by atoms with van der Waals surface area (Å²) in [5, 5.41) is 3.71. The topological polar surface area (TPSA) is 67.8 Å².